The maximum absolute atomic E-state index is 0. The molecule has 0 aliphatic carbocycles. The van der Waals surface area contributed by atoms with Crippen LogP contribution in [0.2, 0.25) is 0 Å². The molecule has 0 bridgehead atoms. The number of hydrogen-bond acceptors (Lipinski definition) is 0. The Morgan fingerprint density at radius 2 is 0.600 bits per heavy atom. The molecule has 5 heteroatoms. The van der Waals surface area contributed by atoms with E-state index < -0.39 is 0 Å². The SMILES string of the molecule is Cl.[Ag+].[Ag+].[Ag+].[S-2]. The molecule has 0 aromatic rings. The summed E-state index contributed by atoms with van der Waals surface area (Å²) >= 11 is 0. The van der Waals surface area contributed by atoms with Crippen molar-refractivity contribution >= 4 is 25.9 Å². The summed E-state index contributed by atoms with van der Waals surface area (Å²) in [5, 5.41) is 0. The van der Waals surface area contributed by atoms with E-state index in [2.05, 4.69) is 0 Å². The monoisotopic (exact) mass is 389 g/mol. The standard InChI is InChI=1S/3Ag.ClH.S/h;;;1H;/q3*+1;;-2. The Morgan fingerprint density at radius 1 is 0.600 bits per heavy atom. The van der Waals surface area contributed by atoms with Crippen LogP contribution in [0, 0.1) is 0 Å². The van der Waals surface area contributed by atoms with Gasteiger partial charge in [0, 0.05) is 0 Å². The maximum atomic E-state index is 0. The smallest absolute Gasteiger partial charge is 1.00 e. The second-order valence-electron chi connectivity index (χ2n) is 0. The molecule has 0 saturated heterocycles. The third-order valence-electron chi connectivity index (χ3n) is 0. The van der Waals surface area contributed by atoms with E-state index >= 15 is 0 Å². The Balaban J connectivity index is 0. The van der Waals surface area contributed by atoms with Crippen LogP contribution in [0.1, 0.15) is 0 Å². The van der Waals surface area contributed by atoms with Gasteiger partial charge in [-0.2, -0.15) is 0 Å². The van der Waals surface area contributed by atoms with E-state index in [1.807, 2.05) is 0 Å². The number of hydrogen-bond donors (Lipinski definition) is 0. The Hall–Kier alpha value is 2.86. The summed E-state index contributed by atoms with van der Waals surface area (Å²) in [6, 6.07) is 0. The van der Waals surface area contributed by atoms with Crippen LogP contribution < -0.4 is 0 Å². The van der Waals surface area contributed by atoms with Gasteiger partial charge in [0.05, 0.1) is 0 Å². The van der Waals surface area contributed by atoms with Gasteiger partial charge in [0.1, 0.15) is 0 Å². The summed E-state index contributed by atoms with van der Waals surface area (Å²) in [5.74, 6) is 0. The molecule has 0 atom stereocenters. The van der Waals surface area contributed by atoms with E-state index in [0.717, 1.165) is 0 Å². The fraction of sp³-hybridized carbons (Fsp3) is 0. The van der Waals surface area contributed by atoms with E-state index in [1.54, 1.807) is 0 Å². The van der Waals surface area contributed by atoms with Crippen molar-refractivity contribution < 1.29 is 67.1 Å². The molecule has 0 fully saturated rings. The number of halogens is 1. The quantitative estimate of drug-likeness (QED) is 0.525. The van der Waals surface area contributed by atoms with Crippen LogP contribution in [0.15, 0.2) is 0 Å². The third-order valence-corrected chi connectivity index (χ3v) is 0. The Morgan fingerprint density at radius 3 is 0.600 bits per heavy atom. The first-order chi connectivity index (χ1) is 0. The molecule has 0 aromatic carbocycles. The average molecular weight is 392 g/mol. The molecule has 0 spiro atoms. The first-order valence-corrected chi connectivity index (χ1v) is 0. The molecule has 5 heavy (non-hydrogen) atoms. The maximum Gasteiger partial charge on any atom is 1.00 e. The van der Waals surface area contributed by atoms with Gasteiger partial charge < -0.3 is 13.5 Å². The molecular formula is HAg3ClS+. The number of rotatable bonds is 0. The van der Waals surface area contributed by atoms with Crippen LogP contribution >= 0.6 is 12.4 Å². The zero-order valence-electron chi connectivity index (χ0n) is 1.72. The average Bonchev–Trinajstić information content (AvgIpc) is 0. The first-order valence-electron chi connectivity index (χ1n) is 0. The van der Waals surface area contributed by atoms with Gasteiger partial charge in [0.15, 0.2) is 0 Å². The minimum absolute atomic E-state index is 0. The topological polar surface area (TPSA) is 0 Å². The van der Waals surface area contributed by atoms with Gasteiger partial charge in [0.25, 0.3) is 0 Å². The molecule has 0 amide bonds. The normalized spacial score (nSPS) is 0. The van der Waals surface area contributed by atoms with Crippen molar-refractivity contribution in [1.82, 2.24) is 0 Å². The van der Waals surface area contributed by atoms with E-state index in [4.69, 9.17) is 0 Å². The van der Waals surface area contributed by atoms with Gasteiger partial charge in [-0.3, -0.25) is 0 Å². The van der Waals surface area contributed by atoms with E-state index in [-0.39, 0.29) is 93.0 Å². The molecule has 0 saturated carbocycles. The van der Waals surface area contributed by atoms with E-state index in [1.165, 1.54) is 0 Å². The minimum atomic E-state index is 0. The fourth-order valence-corrected chi connectivity index (χ4v) is 0. The van der Waals surface area contributed by atoms with Crippen LogP contribution in [0.3, 0.4) is 0 Å². The van der Waals surface area contributed by atoms with Gasteiger partial charge in [-0.1, -0.05) is 0 Å². The summed E-state index contributed by atoms with van der Waals surface area (Å²) in [7, 11) is 0. The first kappa shape index (κ1) is 45.2. The molecule has 0 aliphatic heterocycles. The molecule has 0 unspecified atom stereocenters. The minimum Gasteiger partial charge on any atom is -2.00 e. The van der Waals surface area contributed by atoms with Crippen molar-refractivity contribution in [3.63, 3.8) is 0 Å². The molecule has 0 nitrogen and oxygen atoms in total. The van der Waals surface area contributed by atoms with E-state index in [0.29, 0.717) is 0 Å². The summed E-state index contributed by atoms with van der Waals surface area (Å²) in [6.07, 6.45) is 0. The van der Waals surface area contributed by atoms with Gasteiger partial charge in [-0.25, -0.2) is 0 Å². The van der Waals surface area contributed by atoms with Crippen LogP contribution in [0.25, 0.3) is 0 Å². The van der Waals surface area contributed by atoms with Crippen LogP contribution in [-0.2, 0) is 80.6 Å². The molecule has 0 N–H and O–H groups in total. The van der Waals surface area contributed by atoms with Crippen molar-refractivity contribution in [3.8, 4) is 0 Å². The van der Waals surface area contributed by atoms with Crippen LogP contribution in [-0.4, -0.2) is 0 Å². The van der Waals surface area contributed by atoms with Crippen LogP contribution in [0.4, 0.5) is 0 Å². The van der Waals surface area contributed by atoms with Gasteiger partial charge in [-0.15, -0.1) is 12.4 Å². The molecule has 0 aromatic heterocycles. The molecule has 46 valence electrons. The molecule has 0 aliphatic rings. The second-order valence-corrected chi connectivity index (χ2v) is 0. The van der Waals surface area contributed by atoms with Gasteiger partial charge in [-0.05, 0) is 0 Å². The Bertz CT molecular complexity index is 6.85. The third kappa shape index (κ3) is 19.8. The zero-order chi connectivity index (χ0) is 0. The summed E-state index contributed by atoms with van der Waals surface area (Å²) < 4.78 is 0. The largest absolute Gasteiger partial charge is 2.00 e. The van der Waals surface area contributed by atoms with Gasteiger partial charge >= 0.3 is 67.1 Å². The Labute approximate surface area is 91.6 Å². The molecule has 0 radical (unpaired) electrons. The Kier molecular flexibility index (Phi) is 260. The molecule has 0 heterocycles. The van der Waals surface area contributed by atoms with E-state index in [9.17, 15) is 0 Å². The summed E-state index contributed by atoms with van der Waals surface area (Å²) in [5.41, 5.74) is 0. The summed E-state index contributed by atoms with van der Waals surface area (Å²) in [6.45, 7) is 0. The molecular weight excluding hydrogens is 391 g/mol. The van der Waals surface area contributed by atoms with Crippen molar-refractivity contribution in [2.75, 3.05) is 0 Å². The second kappa shape index (κ2) is 28.8. The van der Waals surface area contributed by atoms with Crippen molar-refractivity contribution in [3.05, 3.63) is 0 Å². The van der Waals surface area contributed by atoms with Crippen molar-refractivity contribution in [1.29, 1.82) is 0 Å². The van der Waals surface area contributed by atoms with Crippen LogP contribution in [0.5, 0.6) is 0 Å². The predicted molar refractivity (Wildman–Crippen MR) is 14.6 cm³/mol. The van der Waals surface area contributed by atoms with Gasteiger partial charge in [0.2, 0.25) is 0 Å². The zero-order valence-corrected chi connectivity index (χ0v) is 7.80. The fourth-order valence-electron chi connectivity index (χ4n) is 0. The van der Waals surface area contributed by atoms with Crippen molar-refractivity contribution in [2.45, 2.75) is 0 Å². The molecule has 0 rings (SSSR count). The predicted octanol–water partition coefficient (Wildman–Crippen LogP) is 0.412. The summed E-state index contributed by atoms with van der Waals surface area (Å²) in [4.78, 5) is 0. The van der Waals surface area contributed by atoms with Crippen molar-refractivity contribution in [2.24, 2.45) is 0 Å².